The molecule has 0 aromatic carbocycles. The standard InChI is InChI=1S/C13H24N2/c1-2-13(14-7-1)10-15(8-11-3-4-11)9-12-5-6-12/h11-14H,1-10H2. The molecule has 0 aromatic heterocycles. The van der Waals surface area contributed by atoms with E-state index in [0.717, 1.165) is 17.9 Å². The van der Waals surface area contributed by atoms with E-state index < -0.39 is 0 Å². The van der Waals surface area contributed by atoms with Crippen molar-refractivity contribution in [3.8, 4) is 0 Å². The molecular formula is C13H24N2. The molecule has 1 saturated heterocycles. The van der Waals surface area contributed by atoms with Crippen molar-refractivity contribution in [3.05, 3.63) is 0 Å². The van der Waals surface area contributed by atoms with Crippen molar-refractivity contribution < 1.29 is 0 Å². The molecule has 2 aliphatic carbocycles. The van der Waals surface area contributed by atoms with Gasteiger partial charge in [-0.3, -0.25) is 0 Å². The first-order valence-corrected chi connectivity index (χ1v) is 6.86. The van der Waals surface area contributed by atoms with E-state index in [9.17, 15) is 0 Å². The molecule has 2 nitrogen and oxygen atoms in total. The van der Waals surface area contributed by atoms with Crippen LogP contribution < -0.4 is 5.32 Å². The fourth-order valence-corrected chi connectivity index (χ4v) is 2.78. The van der Waals surface area contributed by atoms with Crippen LogP contribution in [0.5, 0.6) is 0 Å². The molecule has 0 bridgehead atoms. The highest BCUT2D eigenvalue weighted by molar-refractivity contribution is 4.85. The van der Waals surface area contributed by atoms with Crippen LogP contribution in [0.15, 0.2) is 0 Å². The Kier molecular flexibility index (Phi) is 2.98. The predicted octanol–water partition coefficient (Wildman–Crippen LogP) is 1.86. The Bertz CT molecular complexity index is 189. The molecular weight excluding hydrogens is 184 g/mol. The van der Waals surface area contributed by atoms with Gasteiger partial charge < -0.3 is 10.2 Å². The van der Waals surface area contributed by atoms with Crippen LogP contribution >= 0.6 is 0 Å². The molecule has 3 rings (SSSR count). The highest BCUT2D eigenvalue weighted by atomic mass is 15.2. The molecule has 1 atom stereocenters. The first-order chi connectivity index (χ1) is 7.40. The van der Waals surface area contributed by atoms with Gasteiger partial charge in [0.15, 0.2) is 0 Å². The molecule has 0 spiro atoms. The molecule has 0 amide bonds. The maximum atomic E-state index is 3.63. The molecule has 1 N–H and O–H groups in total. The molecule has 0 radical (unpaired) electrons. The van der Waals surface area contributed by atoms with Crippen molar-refractivity contribution in [2.24, 2.45) is 11.8 Å². The number of rotatable bonds is 6. The van der Waals surface area contributed by atoms with Gasteiger partial charge in [-0.2, -0.15) is 0 Å². The average molecular weight is 208 g/mol. The zero-order chi connectivity index (χ0) is 10.1. The summed E-state index contributed by atoms with van der Waals surface area (Å²) in [5.74, 6) is 2.12. The molecule has 15 heavy (non-hydrogen) atoms. The van der Waals surface area contributed by atoms with E-state index in [4.69, 9.17) is 0 Å². The summed E-state index contributed by atoms with van der Waals surface area (Å²) in [5.41, 5.74) is 0. The van der Waals surface area contributed by atoms with Crippen LogP contribution in [0, 0.1) is 11.8 Å². The molecule has 3 aliphatic rings. The Balaban J connectivity index is 1.45. The normalized spacial score (nSPS) is 31.4. The first-order valence-electron chi connectivity index (χ1n) is 6.86. The highest BCUT2D eigenvalue weighted by Crippen LogP contribution is 2.33. The quantitative estimate of drug-likeness (QED) is 0.717. The zero-order valence-electron chi connectivity index (χ0n) is 9.75. The van der Waals surface area contributed by atoms with E-state index in [2.05, 4.69) is 10.2 Å². The largest absolute Gasteiger partial charge is 0.313 e. The molecule has 3 fully saturated rings. The fraction of sp³-hybridized carbons (Fsp3) is 1.00. The Hall–Kier alpha value is -0.0800. The lowest BCUT2D eigenvalue weighted by molar-refractivity contribution is 0.231. The number of nitrogens with one attached hydrogen (secondary N) is 1. The number of hydrogen-bond donors (Lipinski definition) is 1. The lowest BCUT2D eigenvalue weighted by atomic mass is 10.2. The fourth-order valence-electron chi connectivity index (χ4n) is 2.78. The van der Waals surface area contributed by atoms with Gasteiger partial charge in [-0.1, -0.05) is 0 Å². The van der Waals surface area contributed by atoms with Gasteiger partial charge >= 0.3 is 0 Å². The predicted molar refractivity (Wildman–Crippen MR) is 62.9 cm³/mol. The van der Waals surface area contributed by atoms with E-state index in [1.165, 1.54) is 64.7 Å². The third-order valence-electron chi connectivity index (χ3n) is 4.07. The van der Waals surface area contributed by atoms with Gasteiger partial charge in [0.05, 0.1) is 0 Å². The van der Waals surface area contributed by atoms with Gasteiger partial charge in [-0.05, 0) is 56.9 Å². The van der Waals surface area contributed by atoms with Crippen molar-refractivity contribution in [2.75, 3.05) is 26.2 Å². The van der Waals surface area contributed by atoms with Crippen LogP contribution in [0.25, 0.3) is 0 Å². The topological polar surface area (TPSA) is 15.3 Å². The van der Waals surface area contributed by atoms with Crippen LogP contribution in [0.1, 0.15) is 38.5 Å². The smallest absolute Gasteiger partial charge is 0.0195 e. The summed E-state index contributed by atoms with van der Waals surface area (Å²) in [5, 5.41) is 3.63. The highest BCUT2D eigenvalue weighted by Gasteiger charge is 2.30. The maximum Gasteiger partial charge on any atom is 0.0195 e. The van der Waals surface area contributed by atoms with Gasteiger partial charge in [-0.15, -0.1) is 0 Å². The second kappa shape index (κ2) is 4.42. The second-order valence-electron chi connectivity index (χ2n) is 5.90. The first kappa shape index (κ1) is 10.1. The van der Waals surface area contributed by atoms with Crippen LogP contribution in [0.2, 0.25) is 0 Å². The molecule has 1 unspecified atom stereocenters. The van der Waals surface area contributed by atoms with E-state index in [0.29, 0.717) is 0 Å². The minimum Gasteiger partial charge on any atom is -0.313 e. The average Bonchev–Trinajstić information content (AvgIpc) is 3.12. The maximum absolute atomic E-state index is 3.63. The van der Waals surface area contributed by atoms with Gasteiger partial charge in [0.1, 0.15) is 0 Å². The lowest BCUT2D eigenvalue weighted by Crippen LogP contribution is -2.39. The molecule has 1 aliphatic heterocycles. The molecule has 1 heterocycles. The van der Waals surface area contributed by atoms with Crippen molar-refractivity contribution in [2.45, 2.75) is 44.6 Å². The van der Waals surface area contributed by atoms with Crippen molar-refractivity contribution in [1.82, 2.24) is 10.2 Å². The van der Waals surface area contributed by atoms with E-state index in [-0.39, 0.29) is 0 Å². The summed E-state index contributed by atoms with van der Waals surface area (Å²) in [6.45, 7) is 5.38. The van der Waals surface area contributed by atoms with E-state index in [1.807, 2.05) is 0 Å². The summed E-state index contributed by atoms with van der Waals surface area (Å²) in [4.78, 5) is 2.76. The summed E-state index contributed by atoms with van der Waals surface area (Å²) in [6, 6.07) is 0.808. The van der Waals surface area contributed by atoms with E-state index >= 15 is 0 Å². The molecule has 2 heteroatoms. The molecule has 86 valence electrons. The van der Waals surface area contributed by atoms with Crippen LogP contribution in [0.3, 0.4) is 0 Å². The van der Waals surface area contributed by atoms with E-state index in [1.54, 1.807) is 0 Å². The SMILES string of the molecule is C1CNC(CN(CC2CC2)CC2CC2)C1. The Morgan fingerprint density at radius 3 is 2.00 bits per heavy atom. The molecule has 2 saturated carbocycles. The van der Waals surface area contributed by atoms with Gasteiger partial charge in [-0.25, -0.2) is 0 Å². The number of nitrogens with zero attached hydrogens (tertiary/aromatic N) is 1. The Morgan fingerprint density at radius 1 is 0.867 bits per heavy atom. The van der Waals surface area contributed by atoms with Crippen LogP contribution in [0.4, 0.5) is 0 Å². The van der Waals surface area contributed by atoms with Crippen LogP contribution in [-0.4, -0.2) is 37.1 Å². The second-order valence-corrected chi connectivity index (χ2v) is 5.90. The van der Waals surface area contributed by atoms with Gasteiger partial charge in [0, 0.05) is 25.7 Å². The Labute approximate surface area is 93.4 Å². The van der Waals surface area contributed by atoms with Crippen LogP contribution in [-0.2, 0) is 0 Å². The third-order valence-corrected chi connectivity index (χ3v) is 4.07. The Morgan fingerprint density at radius 2 is 1.53 bits per heavy atom. The summed E-state index contributed by atoms with van der Waals surface area (Å²) >= 11 is 0. The minimum atomic E-state index is 0.808. The van der Waals surface area contributed by atoms with Crippen molar-refractivity contribution in [1.29, 1.82) is 0 Å². The summed E-state index contributed by atoms with van der Waals surface area (Å²) in [7, 11) is 0. The van der Waals surface area contributed by atoms with Gasteiger partial charge in [0.2, 0.25) is 0 Å². The lowest BCUT2D eigenvalue weighted by Gasteiger charge is -2.25. The van der Waals surface area contributed by atoms with Crippen molar-refractivity contribution >= 4 is 0 Å². The molecule has 0 aromatic rings. The monoisotopic (exact) mass is 208 g/mol. The summed E-state index contributed by atoms with van der Waals surface area (Å²) < 4.78 is 0. The minimum absolute atomic E-state index is 0.808. The van der Waals surface area contributed by atoms with Gasteiger partial charge in [0.25, 0.3) is 0 Å². The number of hydrogen-bond acceptors (Lipinski definition) is 2. The summed E-state index contributed by atoms with van der Waals surface area (Å²) in [6.07, 6.45) is 8.80. The van der Waals surface area contributed by atoms with Crippen molar-refractivity contribution in [3.63, 3.8) is 0 Å². The zero-order valence-corrected chi connectivity index (χ0v) is 9.75. The third kappa shape index (κ3) is 3.18.